The third-order valence-electron chi connectivity index (χ3n) is 4.51. The maximum Gasteiger partial charge on any atom is 0.276 e. The second-order valence-electron chi connectivity index (χ2n) is 6.29. The summed E-state index contributed by atoms with van der Waals surface area (Å²) in [6.45, 7) is 10.6. The number of ether oxygens (including phenoxy) is 2. The second kappa shape index (κ2) is 8.44. The van der Waals surface area contributed by atoms with Crippen LogP contribution in [0.2, 0.25) is 0 Å². The first kappa shape index (κ1) is 17.9. The summed E-state index contributed by atoms with van der Waals surface area (Å²) in [5, 5.41) is 14.0. The van der Waals surface area contributed by atoms with Crippen LogP contribution in [0.1, 0.15) is 33.6 Å². The Morgan fingerprint density at radius 3 is 2.78 bits per heavy atom. The van der Waals surface area contributed by atoms with Gasteiger partial charge in [0, 0.05) is 38.8 Å². The van der Waals surface area contributed by atoms with Crippen LogP contribution in [0.25, 0.3) is 0 Å². The van der Waals surface area contributed by atoms with Gasteiger partial charge in [-0.2, -0.15) is 0 Å². The van der Waals surface area contributed by atoms with E-state index in [1.54, 1.807) is 0 Å². The van der Waals surface area contributed by atoms with Crippen LogP contribution >= 0.6 is 0 Å². The van der Waals surface area contributed by atoms with E-state index in [1.165, 1.54) is 0 Å². The molecule has 0 bridgehead atoms. The summed E-state index contributed by atoms with van der Waals surface area (Å²) >= 11 is 0. The van der Waals surface area contributed by atoms with E-state index in [0.29, 0.717) is 37.6 Å². The Balaban J connectivity index is 2.09. The third-order valence-corrected chi connectivity index (χ3v) is 4.51. The number of hydrogen-bond donors (Lipinski definition) is 0. The van der Waals surface area contributed by atoms with Crippen LogP contribution < -0.4 is 0 Å². The highest BCUT2D eigenvalue weighted by Gasteiger charge is 2.37. The molecule has 3 unspecified atom stereocenters. The summed E-state index contributed by atoms with van der Waals surface area (Å²) in [6.07, 6.45) is 1.54. The van der Waals surface area contributed by atoms with E-state index in [2.05, 4.69) is 18.9 Å². The van der Waals surface area contributed by atoms with Crippen molar-refractivity contribution in [2.24, 2.45) is 16.9 Å². The first-order valence-corrected chi connectivity index (χ1v) is 8.50. The lowest BCUT2D eigenvalue weighted by atomic mass is 9.98. The van der Waals surface area contributed by atoms with E-state index in [9.17, 15) is 10.1 Å². The highest BCUT2D eigenvalue weighted by atomic mass is 16.7. The van der Waals surface area contributed by atoms with E-state index in [4.69, 9.17) is 9.47 Å². The zero-order chi connectivity index (χ0) is 16.8. The quantitative estimate of drug-likeness (QED) is 0.497. The highest BCUT2D eigenvalue weighted by Crippen LogP contribution is 2.24. The molecule has 0 aromatic rings. The summed E-state index contributed by atoms with van der Waals surface area (Å²) < 4.78 is 11.4. The lowest BCUT2D eigenvalue weighted by molar-refractivity contribution is -0.486. The van der Waals surface area contributed by atoms with Gasteiger partial charge in [-0.25, -0.2) is 10.1 Å². The van der Waals surface area contributed by atoms with Gasteiger partial charge in [0.1, 0.15) is 11.3 Å². The molecule has 0 radical (unpaired) electrons. The van der Waals surface area contributed by atoms with Gasteiger partial charge in [0.15, 0.2) is 5.03 Å². The van der Waals surface area contributed by atoms with E-state index in [0.717, 1.165) is 32.5 Å². The second-order valence-corrected chi connectivity index (χ2v) is 6.29. The fourth-order valence-corrected chi connectivity index (χ4v) is 3.15. The van der Waals surface area contributed by atoms with Gasteiger partial charge in [0.2, 0.25) is 0 Å². The maximum atomic E-state index is 11.0. The third kappa shape index (κ3) is 4.54. The molecule has 2 aliphatic rings. The average molecular weight is 328 g/mol. The number of nitrogens with zero attached hydrogens (tertiary/aromatic N) is 4. The van der Waals surface area contributed by atoms with Crippen LogP contribution in [0, 0.1) is 22.0 Å². The first-order valence-electron chi connectivity index (χ1n) is 8.50. The molecule has 8 nitrogen and oxygen atoms in total. The molecule has 23 heavy (non-hydrogen) atoms. The standard InChI is InChI=1S/C15H28N4O4/c1-4-8-23-14(5-2)18-7-6-17(15(18)16-19(20)21)9-13-11-22-10-12(13)3/h12-14H,4-11H2,1-3H3. The number of guanidine groups is 1. The van der Waals surface area contributed by atoms with Crippen molar-refractivity contribution in [1.82, 2.24) is 9.80 Å². The molecule has 2 heterocycles. The molecule has 2 rings (SSSR count). The Bertz CT molecular complexity index is 432. The first-order chi connectivity index (χ1) is 11.1. The number of rotatable bonds is 8. The molecule has 3 atom stereocenters. The lowest BCUT2D eigenvalue weighted by Crippen LogP contribution is -2.43. The molecular weight excluding hydrogens is 300 g/mol. The van der Waals surface area contributed by atoms with Crippen LogP contribution in [0.3, 0.4) is 0 Å². The molecule has 0 amide bonds. The van der Waals surface area contributed by atoms with Gasteiger partial charge in [0.25, 0.3) is 5.96 Å². The Kier molecular flexibility index (Phi) is 6.59. The van der Waals surface area contributed by atoms with Gasteiger partial charge in [0.05, 0.1) is 6.61 Å². The van der Waals surface area contributed by atoms with Gasteiger partial charge in [-0.05, 0) is 18.8 Å². The minimum atomic E-state index is -0.609. The van der Waals surface area contributed by atoms with Gasteiger partial charge in [-0.3, -0.25) is 0 Å². The predicted octanol–water partition coefficient (Wildman–Crippen LogP) is 1.60. The van der Waals surface area contributed by atoms with Crippen molar-refractivity contribution >= 4 is 5.96 Å². The molecule has 0 saturated carbocycles. The van der Waals surface area contributed by atoms with E-state index in [1.807, 2.05) is 16.7 Å². The SMILES string of the molecule is CCCOC(CC)N1CCN(CC2COCC2C)C1=N[N+](=O)[O-]. The van der Waals surface area contributed by atoms with E-state index >= 15 is 0 Å². The summed E-state index contributed by atoms with van der Waals surface area (Å²) in [7, 11) is 0. The minimum Gasteiger partial charge on any atom is -0.381 e. The largest absolute Gasteiger partial charge is 0.381 e. The van der Waals surface area contributed by atoms with Crippen molar-refractivity contribution in [2.45, 2.75) is 39.8 Å². The van der Waals surface area contributed by atoms with Crippen molar-refractivity contribution in [2.75, 3.05) is 39.5 Å². The molecule has 0 aliphatic carbocycles. The number of nitro groups is 1. The summed E-state index contributed by atoms with van der Waals surface area (Å²) in [5.74, 6) is 1.29. The van der Waals surface area contributed by atoms with Crippen LogP contribution in [0.5, 0.6) is 0 Å². The normalized spacial score (nSPS) is 27.9. The molecule has 132 valence electrons. The van der Waals surface area contributed by atoms with Gasteiger partial charge in [-0.1, -0.05) is 20.8 Å². The van der Waals surface area contributed by atoms with Crippen molar-refractivity contribution in [3.05, 3.63) is 10.1 Å². The molecule has 2 fully saturated rings. The van der Waals surface area contributed by atoms with E-state index < -0.39 is 5.03 Å². The summed E-state index contributed by atoms with van der Waals surface area (Å²) in [4.78, 5) is 14.9. The van der Waals surface area contributed by atoms with Crippen LogP contribution in [0.15, 0.2) is 5.10 Å². The Labute approximate surface area is 137 Å². The highest BCUT2D eigenvalue weighted by molar-refractivity contribution is 5.81. The number of hydrogen-bond acceptors (Lipinski definition) is 4. The fourth-order valence-electron chi connectivity index (χ4n) is 3.15. The van der Waals surface area contributed by atoms with Crippen molar-refractivity contribution < 1.29 is 14.5 Å². The molecule has 0 aromatic carbocycles. The lowest BCUT2D eigenvalue weighted by Gasteiger charge is -2.29. The van der Waals surface area contributed by atoms with Gasteiger partial charge >= 0.3 is 0 Å². The van der Waals surface area contributed by atoms with E-state index in [-0.39, 0.29) is 6.23 Å². The smallest absolute Gasteiger partial charge is 0.276 e. The van der Waals surface area contributed by atoms with Crippen molar-refractivity contribution in [1.29, 1.82) is 0 Å². The molecule has 8 heteroatoms. The minimum absolute atomic E-state index is 0.157. The van der Waals surface area contributed by atoms with Crippen LogP contribution in [-0.2, 0) is 9.47 Å². The van der Waals surface area contributed by atoms with Crippen molar-refractivity contribution in [3.63, 3.8) is 0 Å². The van der Waals surface area contributed by atoms with Gasteiger partial charge in [-0.15, -0.1) is 0 Å². The molecule has 2 aliphatic heterocycles. The molecule has 2 saturated heterocycles. The Morgan fingerprint density at radius 2 is 2.22 bits per heavy atom. The Hall–Kier alpha value is -1.41. The van der Waals surface area contributed by atoms with Gasteiger partial charge < -0.3 is 19.3 Å². The summed E-state index contributed by atoms with van der Waals surface area (Å²) in [6, 6.07) is 0. The molecule has 0 spiro atoms. The topological polar surface area (TPSA) is 80.4 Å². The monoisotopic (exact) mass is 328 g/mol. The predicted molar refractivity (Wildman–Crippen MR) is 86.5 cm³/mol. The maximum absolute atomic E-state index is 11.0. The molecular formula is C15H28N4O4. The molecule has 0 aromatic heterocycles. The molecule has 0 N–H and O–H groups in total. The van der Waals surface area contributed by atoms with Crippen molar-refractivity contribution in [3.8, 4) is 0 Å². The van der Waals surface area contributed by atoms with Crippen LogP contribution in [0.4, 0.5) is 0 Å². The zero-order valence-electron chi connectivity index (χ0n) is 14.3. The zero-order valence-corrected chi connectivity index (χ0v) is 14.3. The van der Waals surface area contributed by atoms with Crippen LogP contribution in [-0.4, -0.2) is 66.5 Å². The average Bonchev–Trinajstić information content (AvgIpc) is 3.08. The fraction of sp³-hybridized carbons (Fsp3) is 0.933. The summed E-state index contributed by atoms with van der Waals surface area (Å²) in [5.41, 5.74) is 0. The Morgan fingerprint density at radius 1 is 1.43 bits per heavy atom. The number of hydrazone groups is 1.